The van der Waals surface area contributed by atoms with E-state index >= 15 is 0 Å². The van der Waals surface area contributed by atoms with Crippen molar-refractivity contribution in [1.82, 2.24) is 10.2 Å². The highest BCUT2D eigenvalue weighted by Gasteiger charge is 2.42. The zero-order valence-corrected chi connectivity index (χ0v) is 18.2. The highest BCUT2D eigenvalue weighted by atomic mass is 16.2. The van der Waals surface area contributed by atoms with Gasteiger partial charge in [0.25, 0.3) is 0 Å². The van der Waals surface area contributed by atoms with E-state index in [4.69, 9.17) is 5.73 Å². The van der Waals surface area contributed by atoms with Gasteiger partial charge in [-0.25, -0.2) is 0 Å². The van der Waals surface area contributed by atoms with Crippen LogP contribution in [0.1, 0.15) is 69.3 Å². The molecule has 4 rings (SSSR count). The van der Waals surface area contributed by atoms with Crippen LogP contribution in [0.3, 0.4) is 0 Å². The molecular weight excluding hydrogens is 392 g/mol. The summed E-state index contributed by atoms with van der Waals surface area (Å²) in [6.07, 6.45) is 8.83. The summed E-state index contributed by atoms with van der Waals surface area (Å²) in [6.45, 7) is 2.29. The topological polar surface area (TPSA) is 95.7 Å². The van der Waals surface area contributed by atoms with Gasteiger partial charge in [-0.3, -0.25) is 14.4 Å². The number of carbonyl (C=O) groups is 3. The van der Waals surface area contributed by atoms with Crippen LogP contribution in [0.15, 0.2) is 24.3 Å². The summed E-state index contributed by atoms with van der Waals surface area (Å²) in [5.74, 6) is -1.10. The molecule has 1 atom stereocenters. The van der Waals surface area contributed by atoms with Crippen LogP contribution in [0, 0.1) is 0 Å². The third-order valence-electron chi connectivity index (χ3n) is 7.15. The summed E-state index contributed by atoms with van der Waals surface area (Å²) >= 11 is 0. The van der Waals surface area contributed by atoms with Gasteiger partial charge in [-0.05, 0) is 37.3 Å². The molecule has 3 amide bonds. The Balaban J connectivity index is 1.40. The lowest BCUT2D eigenvalue weighted by atomic mass is 9.91. The maximum atomic E-state index is 13.4. The number of amides is 3. The molecule has 0 spiro atoms. The zero-order valence-electron chi connectivity index (χ0n) is 18.2. The first kappa shape index (κ1) is 21.8. The molecule has 1 aromatic rings. The van der Waals surface area contributed by atoms with Crippen molar-refractivity contribution < 1.29 is 14.4 Å². The molecule has 2 fully saturated rings. The smallest absolute Gasteiger partial charge is 0.235 e. The second-order valence-corrected chi connectivity index (χ2v) is 9.15. The van der Waals surface area contributed by atoms with E-state index < -0.39 is 11.8 Å². The van der Waals surface area contributed by atoms with E-state index in [9.17, 15) is 14.4 Å². The van der Waals surface area contributed by atoms with Crippen LogP contribution < -0.4 is 16.0 Å². The summed E-state index contributed by atoms with van der Waals surface area (Å²) in [7, 11) is 0. The van der Waals surface area contributed by atoms with Crippen LogP contribution in [0.5, 0.6) is 0 Å². The lowest BCUT2D eigenvalue weighted by Gasteiger charge is -2.41. The summed E-state index contributed by atoms with van der Waals surface area (Å²) in [5, 5.41) is 2.71. The Kier molecular flexibility index (Phi) is 6.90. The number of nitrogens with one attached hydrogen (secondary N) is 1. The third kappa shape index (κ3) is 4.92. The monoisotopic (exact) mass is 426 g/mol. The predicted molar refractivity (Wildman–Crippen MR) is 120 cm³/mol. The van der Waals surface area contributed by atoms with Gasteiger partial charge in [-0.15, -0.1) is 0 Å². The van der Waals surface area contributed by atoms with Crippen molar-refractivity contribution in [1.29, 1.82) is 0 Å². The molecule has 1 aliphatic carbocycles. The SMILES string of the molecule is NC(=O)CCNC(=O)CC1C(=O)N(C2CCN(C3CCCCC3)CC2)c2ccccc21. The molecule has 0 bridgehead atoms. The van der Waals surface area contributed by atoms with Crippen LogP contribution in [0.4, 0.5) is 5.69 Å². The van der Waals surface area contributed by atoms with Gasteiger partial charge in [0.1, 0.15) is 0 Å². The lowest BCUT2D eigenvalue weighted by molar-refractivity contribution is -0.126. The fourth-order valence-corrected chi connectivity index (χ4v) is 5.53. The number of carbonyl (C=O) groups excluding carboxylic acids is 3. The van der Waals surface area contributed by atoms with E-state index in [0.717, 1.165) is 37.2 Å². The number of hydrogen-bond donors (Lipinski definition) is 2. The number of hydrogen-bond acceptors (Lipinski definition) is 4. The van der Waals surface area contributed by atoms with E-state index in [1.165, 1.54) is 32.1 Å². The number of fused-ring (bicyclic) bond motifs is 1. The number of piperidine rings is 1. The number of primary amides is 1. The number of rotatable bonds is 7. The van der Waals surface area contributed by atoms with Crippen LogP contribution >= 0.6 is 0 Å². The van der Waals surface area contributed by atoms with E-state index in [0.29, 0.717) is 6.04 Å². The Morgan fingerprint density at radius 3 is 2.42 bits per heavy atom. The van der Waals surface area contributed by atoms with Crippen LogP contribution in [0.2, 0.25) is 0 Å². The second-order valence-electron chi connectivity index (χ2n) is 9.15. The summed E-state index contributed by atoms with van der Waals surface area (Å²) in [4.78, 5) is 41.3. The van der Waals surface area contributed by atoms with Gasteiger partial charge in [0.2, 0.25) is 17.7 Å². The summed E-state index contributed by atoms with van der Waals surface area (Å²) in [5.41, 5.74) is 7.03. The van der Waals surface area contributed by atoms with Crippen LogP contribution in [0.25, 0.3) is 0 Å². The summed E-state index contributed by atoms with van der Waals surface area (Å²) < 4.78 is 0. The molecule has 1 aromatic carbocycles. The van der Waals surface area contributed by atoms with Crippen molar-refractivity contribution >= 4 is 23.4 Å². The molecular formula is C24H34N4O3. The van der Waals surface area contributed by atoms with Crippen LogP contribution in [-0.4, -0.2) is 54.3 Å². The molecule has 168 valence electrons. The van der Waals surface area contributed by atoms with Crippen molar-refractivity contribution in [3.8, 4) is 0 Å². The minimum absolute atomic E-state index is 0.0300. The fourth-order valence-electron chi connectivity index (χ4n) is 5.53. The van der Waals surface area contributed by atoms with Crippen molar-refractivity contribution in [2.24, 2.45) is 5.73 Å². The standard InChI is InChI=1S/C24H34N4O3/c25-22(29)10-13-26-23(30)16-20-19-8-4-5-9-21(19)28(24(20)31)18-11-14-27(15-12-18)17-6-2-1-3-7-17/h4-5,8-9,17-18,20H,1-3,6-7,10-16H2,(H2,25,29)(H,26,30). The Bertz CT molecular complexity index is 813. The minimum atomic E-state index is -0.457. The maximum Gasteiger partial charge on any atom is 0.235 e. The predicted octanol–water partition coefficient (Wildman–Crippen LogP) is 2.30. The molecule has 3 N–H and O–H groups in total. The van der Waals surface area contributed by atoms with E-state index in [1.807, 2.05) is 29.2 Å². The number of nitrogens with two attached hydrogens (primary N) is 1. The van der Waals surface area contributed by atoms with Gasteiger partial charge in [0, 0.05) is 50.2 Å². The van der Waals surface area contributed by atoms with E-state index in [-0.39, 0.29) is 37.2 Å². The molecule has 2 heterocycles. The number of benzene rings is 1. The van der Waals surface area contributed by atoms with Crippen molar-refractivity contribution in [2.45, 2.75) is 75.8 Å². The van der Waals surface area contributed by atoms with Gasteiger partial charge >= 0.3 is 0 Å². The number of nitrogens with zero attached hydrogens (tertiary/aromatic N) is 2. The van der Waals surface area contributed by atoms with E-state index in [1.54, 1.807) is 0 Å². The average molecular weight is 427 g/mol. The molecule has 7 nitrogen and oxygen atoms in total. The molecule has 1 saturated carbocycles. The minimum Gasteiger partial charge on any atom is -0.370 e. The zero-order chi connectivity index (χ0) is 21.8. The molecule has 2 aliphatic heterocycles. The normalized spacial score (nSPS) is 23.0. The van der Waals surface area contributed by atoms with Gasteiger partial charge in [0.15, 0.2) is 0 Å². The Hall–Kier alpha value is -2.41. The van der Waals surface area contributed by atoms with Gasteiger partial charge < -0.3 is 20.9 Å². The molecule has 31 heavy (non-hydrogen) atoms. The third-order valence-corrected chi connectivity index (χ3v) is 7.15. The van der Waals surface area contributed by atoms with Gasteiger partial charge in [-0.2, -0.15) is 0 Å². The first-order valence-corrected chi connectivity index (χ1v) is 11.8. The Morgan fingerprint density at radius 2 is 1.71 bits per heavy atom. The Labute approximate surface area is 184 Å². The second kappa shape index (κ2) is 9.81. The molecule has 7 heteroatoms. The highest BCUT2D eigenvalue weighted by molar-refractivity contribution is 6.07. The first-order chi connectivity index (χ1) is 15.0. The molecule has 0 radical (unpaired) electrons. The first-order valence-electron chi connectivity index (χ1n) is 11.8. The van der Waals surface area contributed by atoms with Crippen molar-refractivity contribution in [2.75, 3.05) is 24.5 Å². The molecule has 1 unspecified atom stereocenters. The maximum absolute atomic E-state index is 13.4. The summed E-state index contributed by atoms with van der Waals surface area (Å²) in [6, 6.07) is 8.77. The fraction of sp³-hybridized carbons (Fsp3) is 0.625. The van der Waals surface area contributed by atoms with Crippen molar-refractivity contribution in [3.63, 3.8) is 0 Å². The van der Waals surface area contributed by atoms with Gasteiger partial charge in [-0.1, -0.05) is 37.5 Å². The lowest BCUT2D eigenvalue weighted by Crippen LogP contribution is -2.50. The highest BCUT2D eigenvalue weighted by Crippen LogP contribution is 2.42. The molecule has 1 saturated heterocycles. The quantitative estimate of drug-likeness (QED) is 0.699. The van der Waals surface area contributed by atoms with Gasteiger partial charge in [0.05, 0.1) is 5.92 Å². The van der Waals surface area contributed by atoms with E-state index in [2.05, 4.69) is 10.2 Å². The largest absolute Gasteiger partial charge is 0.370 e. The van der Waals surface area contributed by atoms with Crippen LogP contribution in [-0.2, 0) is 14.4 Å². The average Bonchev–Trinajstić information content (AvgIpc) is 3.05. The Morgan fingerprint density at radius 1 is 1.00 bits per heavy atom. The number of anilines is 1. The molecule has 3 aliphatic rings. The number of likely N-dealkylation sites (tertiary alicyclic amines) is 1. The molecule has 0 aromatic heterocycles. The number of para-hydroxylation sites is 1. The van der Waals surface area contributed by atoms with Crippen molar-refractivity contribution in [3.05, 3.63) is 29.8 Å².